The number of aromatic amines is 1. The molecule has 2 rings (SSSR count). The van der Waals surface area contributed by atoms with Crippen LogP contribution in [0.1, 0.15) is 16.2 Å². The third-order valence-electron chi connectivity index (χ3n) is 2.16. The van der Waals surface area contributed by atoms with E-state index >= 15 is 0 Å². The maximum Gasteiger partial charge on any atom is 0.292 e. The summed E-state index contributed by atoms with van der Waals surface area (Å²) in [6, 6.07) is 5.04. The molecule has 2 N–H and O–H groups in total. The van der Waals surface area contributed by atoms with Crippen molar-refractivity contribution >= 4 is 27.7 Å². The van der Waals surface area contributed by atoms with E-state index < -0.39 is 0 Å². The number of nitrogens with one attached hydrogen (secondary N) is 2. The second kappa shape index (κ2) is 5.36. The molecule has 0 radical (unpaired) electrons. The molecule has 0 aliphatic heterocycles. The number of halogens is 1. The van der Waals surface area contributed by atoms with E-state index in [9.17, 15) is 4.79 Å². The largest absolute Gasteiger partial charge is 0.444 e. The summed E-state index contributed by atoms with van der Waals surface area (Å²) in [5.74, 6) is 0.381. The molecule has 0 aliphatic rings. The first-order valence-electron chi connectivity index (χ1n) is 5.30. The van der Waals surface area contributed by atoms with Gasteiger partial charge in [-0.1, -0.05) is 0 Å². The van der Waals surface area contributed by atoms with Gasteiger partial charge in [0.1, 0.15) is 0 Å². The second-order valence-electron chi connectivity index (χ2n) is 4.07. The van der Waals surface area contributed by atoms with Gasteiger partial charge in [0.05, 0.1) is 5.69 Å². The van der Waals surface area contributed by atoms with E-state index in [1.165, 1.54) is 0 Å². The van der Waals surface area contributed by atoms with Crippen molar-refractivity contribution in [2.75, 3.05) is 19.4 Å². The van der Waals surface area contributed by atoms with Crippen LogP contribution in [0.4, 0.5) is 5.82 Å². The van der Waals surface area contributed by atoms with Gasteiger partial charge in [-0.05, 0) is 42.2 Å². The van der Waals surface area contributed by atoms with Gasteiger partial charge in [-0.15, -0.1) is 0 Å². The van der Waals surface area contributed by atoms with Gasteiger partial charge in [0.2, 0.25) is 0 Å². The standard InChI is InChI=1S/C11H13BrN4O2/c1-16(2)6-7-5-10(15-14-7)13-11(17)8-3-4-9(12)18-8/h3-5H,6H2,1-2H3,(H2,13,14,15,17). The van der Waals surface area contributed by atoms with Crippen LogP contribution in [0.2, 0.25) is 0 Å². The number of carbonyl (C=O) groups excluding carboxylic acids is 1. The Bertz CT molecular complexity index is 547. The predicted octanol–water partition coefficient (Wildman–Crippen LogP) is 2.08. The number of furan rings is 1. The Hall–Kier alpha value is -1.60. The van der Waals surface area contributed by atoms with Crippen LogP contribution in [0.3, 0.4) is 0 Å². The number of carbonyl (C=O) groups is 1. The minimum absolute atomic E-state index is 0.235. The highest BCUT2D eigenvalue weighted by Gasteiger charge is 2.12. The molecule has 2 heterocycles. The van der Waals surface area contributed by atoms with Crippen molar-refractivity contribution in [2.24, 2.45) is 0 Å². The molecule has 0 aliphatic carbocycles. The van der Waals surface area contributed by atoms with E-state index in [4.69, 9.17) is 4.42 Å². The van der Waals surface area contributed by atoms with E-state index in [1.807, 2.05) is 19.0 Å². The number of hydrogen-bond acceptors (Lipinski definition) is 4. The molecule has 2 aromatic rings. The summed E-state index contributed by atoms with van der Waals surface area (Å²) in [6.07, 6.45) is 0. The molecule has 0 saturated carbocycles. The van der Waals surface area contributed by atoms with E-state index in [-0.39, 0.29) is 11.7 Å². The molecule has 0 fully saturated rings. The molecule has 0 atom stereocenters. The fraction of sp³-hybridized carbons (Fsp3) is 0.273. The third-order valence-corrected chi connectivity index (χ3v) is 2.58. The summed E-state index contributed by atoms with van der Waals surface area (Å²) >= 11 is 3.14. The average molecular weight is 313 g/mol. The van der Waals surface area contributed by atoms with E-state index in [0.29, 0.717) is 10.5 Å². The molecule has 0 bridgehead atoms. The number of H-pyrrole nitrogens is 1. The Morgan fingerprint density at radius 1 is 1.56 bits per heavy atom. The van der Waals surface area contributed by atoms with E-state index in [0.717, 1.165) is 12.2 Å². The summed E-state index contributed by atoms with van der Waals surface area (Å²) < 4.78 is 5.66. The SMILES string of the molecule is CN(C)Cc1cc(NC(=O)c2ccc(Br)o2)n[nH]1. The lowest BCUT2D eigenvalue weighted by molar-refractivity contribution is 0.0995. The van der Waals surface area contributed by atoms with Crippen molar-refractivity contribution in [1.29, 1.82) is 0 Å². The molecule has 96 valence electrons. The monoisotopic (exact) mass is 312 g/mol. The Balaban J connectivity index is 2.01. The van der Waals surface area contributed by atoms with Gasteiger partial charge < -0.3 is 14.6 Å². The van der Waals surface area contributed by atoms with Crippen LogP contribution < -0.4 is 5.32 Å². The quantitative estimate of drug-likeness (QED) is 0.906. The molecule has 0 spiro atoms. The summed E-state index contributed by atoms with van der Waals surface area (Å²) in [6.45, 7) is 0.731. The average Bonchev–Trinajstić information content (AvgIpc) is 2.87. The second-order valence-corrected chi connectivity index (χ2v) is 4.86. The Morgan fingerprint density at radius 3 is 2.94 bits per heavy atom. The fourth-order valence-electron chi connectivity index (χ4n) is 1.46. The van der Waals surface area contributed by atoms with Crippen molar-refractivity contribution in [3.63, 3.8) is 0 Å². The van der Waals surface area contributed by atoms with Crippen molar-refractivity contribution in [3.05, 3.63) is 34.3 Å². The molecule has 18 heavy (non-hydrogen) atoms. The van der Waals surface area contributed by atoms with Gasteiger partial charge in [-0.25, -0.2) is 0 Å². The summed E-state index contributed by atoms with van der Waals surface area (Å²) in [5, 5.41) is 9.51. The molecule has 2 aromatic heterocycles. The van der Waals surface area contributed by atoms with Crippen LogP contribution in [-0.2, 0) is 6.54 Å². The summed E-state index contributed by atoms with van der Waals surface area (Å²) in [4.78, 5) is 13.8. The Morgan fingerprint density at radius 2 is 2.33 bits per heavy atom. The van der Waals surface area contributed by atoms with Gasteiger partial charge in [0.25, 0.3) is 5.91 Å². The fourth-order valence-corrected chi connectivity index (χ4v) is 1.77. The van der Waals surface area contributed by atoms with Crippen LogP contribution in [0.5, 0.6) is 0 Å². The molecule has 7 heteroatoms. The van der Waals surface area contributed by atoms with Crippen molar-refractivity contribution in [3.8, 4) is 0 Å². The van der Waals surface area contributed by atoms with Crippen molar-refractivity contribution in [1.82, 2.24) is 15.1 Å². The van der Waals surface area contributed by atoms with Gasteiger partial charge in [0, 0.05) is 12.6 Å². The molecule has 0 aromatic carbocycles. The molecular formula is C11H13BrN4O2. The van der Waals surface area contributed by atoms with Gasteiger partial charge >= 0.3 is 0 Å². The van der Waals surface area contributed by atoms with Gasteiger partial charge in [-0.2, -0.15) is 5.10 Å². The highest BCUT2D eigenvalue weighted by Crippen LogP contribution is 2.15. The maximum absolute atomic E-state index is 11.8. The van der Waals surface area contributed by atoms with Crippen LogP contribution in [0, 0.1) is 0 Å². The number of anilines is 1. The zero-order chi connectivity index (χ0) is 13.1. The van der Waals surface area contributed by atoms with Crippen LogP contribution >= 0.6 is 15.9 Å². The lowest BCUT2D eigenvalue weighted by Crippen LogP contribution is -2.11. The molecular weight excluding hydrogens is 300 g/mol. The maximum atomic E-state index is 11.8. The number of nitrogens with zero attached hydrogens (tertiary/aromatic N) is 2. The zero-order valence-corrected chi connectivity index (χ0v) is 11.6. The normalized spacial score (nSPS) is 10.9. The minimum Gasteiger partial charge on any atom is -0.444 e. The number of rotatable bonds is 4. The van der Waals surface area contributed by atoms with Gasteiger partial charge in [-0.3, -0.25) is 9.89 Å². The summed E-state index contributed by atoms with van der Waals surface area (Å²) in [5.41, 5.74) is 0.927. The van der Waals surface area contributed by atoms with E-state index in [1.54, 1.807) is 18.2 Å². The molecule has 0 unspecified atom stereocenters. The Labute approximate surface area is 112 Å². The third kappa shape index (κ3) is 3.21. The lowest BCUT2D eigenvalue weighted by atomic mass is 10.4. The first-order valence-corrected chi connectivity index (χ1v) is 6.09. The number of hydrogen-bond donors (Lipinski definition) is 2. The van der Waals surface area contributed by atoms with Crippen LogP contribution in [0.25, 0.3) is 0 Å². The molecule has 6 nitrogen and oxygen atoms in total. The minimum atomic E-state index is -0.330. The molecule has 1 amide bonds. The first kappa shape index (κ1) is 12.8. The zero-order valence-electron chi connectivity index (χ0n) is 10.0. The number of amides is 1. The predicted molar refractivity (Wildman–Crippen MR) is 70.3 cm³/mol. The van der Waals surface area contributed by atoms with Crippen LogP contribution in [-0.4, -0.2) is 35.1 Å². The van der Waals surface area contributed by atoms with Crippen molar-refractivity contribution in [2.45, 2.75) is 6.54 Å². The lowest BCUT2D eigenvalue weighted by Gasteiger charge is -2.05. The Kier molecular flexibility index (Phi) is 3.83. The van der Waals surface area contributed by atoms with Gasteiger partial charge in [0.15, 0.2) is 16.2 Å². The highest BCUT2D eigenvalue weighted by atomic mass is 79.9. The van der Waals surface area contributed by atoms with Crippen molar-refractivity contribution < 1.29 is 9.21 Å². The first-order chi connectivity index (χ1) is 8.54. The summed E-state index contributed by atoms with van der Waals surface area (Å²) in [7, 11) is 3.92. The number of aromatic nitrogens is 2. The smallest absolute Gasteiger partial charge is 0.292 e. The highest BCUT2D eigenvalue weighted by molar-refractivity contribution is 9.10. The van der Waals surface area contributed by atoms with Crippen LogP contribution in [0.15, 0.2) is 27.3 Å². The molecule has 0 saturated heterocycles. The van der Waals surface area contributed by atoms with E-state index in [2.05, 4.69) is 31.4 Å². The topological polar surface area (TPSA) is 74.2 Å².